The summed E-state index contributed by atoms with van der Waals surface area (Å²) >= 11 is 5.70. The van der Waals surface area contributed by atoms with Gasteiger partial charge < -0.3 is 9.47 Å². The van der Waals surface area contributed by atoms with Crippen LogP contribution in [0.1, 0.15) is 39.0 Å². The van der Waals surface area contributed by atoms with Crippen molar-refractivity contribution in [1.82, 2.24) is 0 Å². The van der Waals surface area contributed by atoms with Crippen LogP contribution in [0.3, 0.4) is 0 Å². The van der Waals surface area contributed by atoms with Crippen LogP contribution in [0, 0.1) is 0 Å². The van der Waals surface area contributed by atoms with Crippen molar-refractivity contribution in [2.75, 3.05) is 19.1 Å². The molecule has 0 aliphatic rings. The highest BCUT2D eigenvalue weighted by Crippen LogP contribution is 2.33. The van der Waals surface area contributed by atoms with E-state index in [4.69, 9.17) is 21.1 Å². The summed E-state index contributed by atoms with van der Waals surface area (Å²) in [5.41, 5.74) is 0. The maximum Gasteiger partial charge on any atom is 0.127 e. The number of hydrogen-bond acceptors (Lipinski definition) is 2. The van der Waals surface area contributed by atoms with E-state index < -0.39 is 0 Å². The predicted octanol–water partition coefficient (Wildman–Crippen LogP) is 5.81. The number of halogens is 1. The Kier molecular flexibility index (Phi) is 7.38. The normalized spacial score (nSPS) is 10.8. The summed E-state index contributed by atoms with van der Waals surface area (Å²) < 4.78 is 11.7. The summed E-state index contributed by atoms with van der Waals surface area (Å²) in [5, 5.41) is 2.18. The molecule has 0 radical (unpaired) electrons. The molecular formula is C19H25ClO2. The Morgan fingerprint density at radius 3 is 1.95 bits per heavy atom. The Bertz CT molecular complexity index is 568. The molecule has 0 aliphatic heterocycles. The first kappa shape index (κ1) is 17.0. The molecule has 0 saturated carbocycles. The second kappa shape index (κ2) is 9.58. The second-order valence-electron chi connectivity index (χ2n) is 5.41. The molecule has 0 aliphatic carbocycles. The van der Waals surface area contributed by atoms with Gasteiger partial charge in [0.2, 0.25) is 0 Å². The van der Waals surface area contributed by atoms with E-state index >= 15 is 0 Å². The molecule has 0 aromatic heterocycles. The fraction of sp³-hybridized carbons (Fsp3) is 0.474. The Balaban J connectivity index is 2.01. The molecule has 0 spiro atoms. The summed E-state index contributed by atoms with van der Waals surface area (Å²) in [5.74, 6) is 2.29. The molecular weight excluding hydrogens is 296 g/mol. The van der Waals surface area contributed by atoms with Crippen LogP contribution in [-0.2, 0) is 0 Å². The first-order valence-electron chi connectivity index (χ1n) is 8.20. The average molecular weight is 321 g/mol. The molecule has 0 N–H and O–H groups in total. The van der Waals surface area contributed by atoms with Crippen molar-refractivity contribution in [1.29, 1.82) is 0 Å². The molecule has 0 amide bonds. The number of unbranched alkanes of at least 4 members (excludes halogenated alkanes) is 4. The van der Waals surface area contributed by atoms with E-state index in [-0.39, 0.29) is 0 Å². The minimum atomic E-state index is 0.490. The molecule has 0 bridgehead atoms. The van der Waals surface area contributed by atoms with Crippen LogP contribution in [0.4, 0.5) is 0 Å². The van der Waals surface area contributed by atoms with E-state index in [2.05, 4.69) is 19.1 Å². The standard InChI is InChI=1S/C19H25ClO2/c1-2-3-4-5-8-14-21-18-11-12-19(22-15-13-20)17-10-7-6-9-16(17)18/h6-7,9-12H,2-5,8,13-15H2,1H3. The number of rotatable bonds is 10. The molecule has 2 aromatic carbocycles. The van der Waals surface area contributed by atoms with Crippen LogP contribution in [0.15, 0.2) is 36.4 Å². The van der Waals surface area contributed by atoms with Crippen molar-refractivity contribution in [2.24, 2.45) is 0 Å². The summed E-state index contributed by atoms with van der Waals surface area (Å²) in [7, 11) is 0. The van der Waals surface area contributed by atoms with Crippen molar-refractivity contribution in [3.8, 4) is 11.5 Å². The lowest BCUT2D eigenvalue weighted by atomic mass is 10.1. The highest BCUT2D eigenvalue weighted by molar-refractivity contribution is 6.18. The molecule has 120 valence electrons. The number of hydrogen-bond donors (Lipinski definition) is 0. The predicted molar refractivity (Wildman–Crippen MR) is 94.4 cm³/mol. The van der Waals surface area contributed by atoms with Gasteiger partial charge in [-0.2, -0.15) is 0 Å². The van der Waals surface area contributed by atoms with E-state index in [1.165, 1.54) is 25.7 Å². The van der Waals surface area contributed by atoms with Crippen LogP contribution in [0.25, 0.3) is 10.8 Å². The first-order chi connectivity index (χ1) is 10.9. The fourth-order valence-corrected chi connectivity index (χ4v) is 2.61. The van der Waals surface area contributed by atoms with Crippen molar-refractivity contribution >= 4 is 22.4 Å². The molecule has 2 aromatic rings. The summed E-state index contributed by atoms with van der Waals surface area (Å²) in [6, 6.07) is 12.2. The minimum Gasteiger partial charge on any atom is -0.493 e. The highest BCUT2D eigenvalue weighted by Gasteiger charge is 2.07. The lowest BCUT2D eigenvalue weighted by Gasteiger charge is -2.13. The Labute approximate surface area is 138 Å². The number of fused-ring (bicyclic) bond motifs is 1. The number of alkyl halides is 1. The molecule has 2 rings (SSSR count). The van der Waals surface area contributed by atoms with Gasteiger partial charge in [0.15, 0.2) is 0 Å². The molecule has 0 atom stereocenters. The SMILES string of the molecule is CCCCCCCOc1ccc(OCCCl)c2ccccc12. The molecule has 0 unspecified atom stereocenters. The van der Waals surface area contributed by atoms with E-state index in [1.54, 1.807) is 0 Å². The third-order valence-corrected chi connectivity index (χ3v) is 3.84. The van der Waals surface area contributed by atoms with Crippen molar-refractivity contribution < 1.29 is 9.47 Å². The molecule has 3 heteroatoms. The molecule has 0 fully saturated rings. The topological polar surface area (TPSA) is 18.5 Å². The highest BCUT2D eigenvalue weighted by atomic mass is 35.5. The van der Waals surface area contributed by atoms with Gasteiger partial charge in [-0.1, -0.05) is 56.9 Å². The Hall–Kier alpha value is -1.41. The van der Waals surface area contributed by atoms with E-state index in [1.807, 2.05) is 24.3 Å². The smallest absolute Gasteiger partial charge is 0.127 e. The number of ether oxygens (including phenoxy) is 2. The van der Waals surface area contributed by atoms with Gasteiger partial charge in [0, 0.05) is 10.8 Å². The van der Waals surface area contributed by atoms with Gasteiger partial charge in [0.05, 0.1) is 12.5 Å². The van der Waals surface area contributed by atoms with Crippen molar-refractivity contribution in [2.45, 2.75) is 39.0 Å². The zero-order chi connectivity index (χ0) is 15.6. The molecule has 0 saturated heterocycles. The summed E-state index contributed by atoms with van der Waals surface area (Å²) in [6.45, 7) is 3.52. The molecule has 0 heterocycles. The fourth-order valence-electron chi connectivity index (χ4n) is 2.53. The summed E-state index contributed by atoms with van der Waals surface area (Å²) in [6.07, 6.45) is 6.23. The average Bonchev–Trinajstić information content (AvgIpc) is 2.57. The van der Waals surface area contributed by atoms with E-state index in [9.17, 15) is 0 Å². The van der Waals surface area contributed by atoms with Gasteiger partial charge in [-0.25, -0.2) is 0 Å². The van der Waals surface area contributed by atoms with Gasteiger partial charge in [0.25, 0.3) is 0 Å². The van der Waals surface area contributed by atoms with Gasteiger partial charge in [-0.15, -0.1) is 11.6 Å². The van der Waals surface area contributed by atoms with E-state index in [0.717, 1.165) is 35.3 Å². The minimum absolute atomic E-state index is 0.490. The Morgan fingerprint density at radius 1 is 0.773 bits per heavy atom. The van der Waals surface area contributed by atoms with Gasteiger partial charge in [0.1, 0.15) is 18.1 Å². The maximum atomic E-state index is 5.98. The Morgan fingerprint density at radius 2 is 1.36 bits per heavy atom. The quantitative estimate of drug-likeness (QED) is 0.406. The zero-order valence-electron chi connectivity index (χ0n) is 13.3. The van der Waals surface area contributed by atoms with Gasteiger partial charge in [-0.05, 0) is 18.6 Å². The van der Waals surface area contributed by atoms with Crippen LogP contribution < -0.4 is 9.47 Å². The largest absolute Gasteiger partial charge is 0.493 e. The number of benzene rings is 2. The van der Waals surface area contributed by atoms with Gasteiger partial charge in [-0.3, -0.25) is 0 Å². The first-order valence-corrected chi connectivity index (χ1v) is 8.73. The lowest BCUT2D eigenvalue weighted by molar-refractivity contribution is 0.307. The summed E-state index contributed by atoms with van der Waals surface area (Å²) in [4.78, 5) is 0. The maximum absolute atomic E-state index is 5.98. The van der Waals surface area contributed by atoms with Gasteiger partial charge >= 0.3 is 0 Å². The van der Waals surface area contributed by atoms with Crippen molar-refractivity contribution in [3.63, 3.8) is 0 Å². The van der Waals surface area contributed by atoms with Crippen LogP contribution in [0.5, 0.6) is 11.5 Å². The second-order valence-corrected chi connectivity index (χ2v) is 5.79. The molecule has 2 nitrogen and oxygen atoms in total. The van der Waals surface area contributed by atoms with Crippen LogP contribution >= 0.6 is 11.6 Å². The monoisotopic (exact) mass is 320 g/mol. The van der Waals surface area contributed by atoms with Crippen LogP contribution in [-0.4, -0.2) is 19.1 Å². The van der Waals surface area contributed by atoms with E-state index in [0.29, 0.717) is 12.5 Å². The zero-order valence-corrected chi connectivity index (χ0v) is 14.1. The lowest BCUT2D eigenvalue weighted by Crippen LogP contribution is -2.01. The third-order valence-electron chi connectivity index (χ3n) is 3.68. The third kappa shape index (κ3) is 4.81. The van der Waals surface area contributed by atoms with Crippen molar-refractivity contribution in [3.05, 3.63) is 36.4 Å². The van der Waals surface area contributed by atoms with Crippen LogP contribution in [0.2, 0.25) is 0 Å². The molecule has 22 heavy (non-hydrogen) atoms.